The van der Waals surface area contributed by atoms with Crippen LogP contribution in [0.2, 0.25) is 0 Å². The Labute approximate surface area is 102 Å². The van der Waals surface area contributed by atoms with E-state index in [4.69, 9.17) is 4.74 Å². The summed E-state index contributed by atoms with van der Waals surface area (Å²) in [6.45, 7) is 6.32. The fourth-order valence-corrected chi connectivity index (χ4v) is 3.39. The summed E-state index contributed by atoms with van der Waals surface area (Å²) < 4.78 is 5.59. The van der Waals surface area contributed by atoms with Gasteiger partial charge in [0.25, 0.3) is 0 Å². The summed E-state index contributed by atoms with van der Waals surface area (Å²) in [4.78, 5) is 4.63. The number of nitrogens with zero attached hydrogens (tertiary/aromatic N) is 1. The summed E-state index contributed by atoms with van der Waals surface area (Å²) in [5.41, 5.74) is 0.216. The first-order valence-corrected chi connectivity index (χ1v) is 7.21. The van der Waals surface area contributed by atoms with Crippen LogP contribution in [0.5, 0.6) is 0 Å². The molecule has 1 atom stereocenters. The highest BCUT2D eigenvalue weighted by Crippen LogP contribution is 2.22. The number of hydrogen-bond donors (Lipinski definition) is 1. The molecule has 2 heterocycles. The van der Waals surface area contributed by atoms with Crippen molar-refractivity contribution >= 4 is 16.9 Å². The molecule has 2 aliphatic rings. The van der Waals surface area contributed by atoms with Crippen LogP contribution < -0.4 is 5.32 Å². The molecule has 3 nitrogen and oxygen atoms in total. The molecule has 2 saturated heterocycles. The maximum Gasteiger partial charge on any atom is 0.156 e. The second kappa shape index (κ2) is 5.41. The Morgan fingerprint density at radius 3 is 3.12 bits per heavy atom. The second-order valence-electron chi connectivity index (χ2n) is 5.22. The number of thioether (sulfide) groups is 1. The van der Waals surface area contributed by atoms with Crippen LogP contribution in [0.3, 0.4) is 0 Å². The lowest BCUT2D eigenvalue weighted by Gasteiger charge is -2.32. The lowest BCUT2D eigenvalue weighted by atomic mass is 10.0. The highest BCUT2D eigenvalue weighted by molar-refractivity contribution is 8.13. The van der Waals surface area contributed by atoms with Crippen LogP contribution in [0.4, 0.5) is 0 Å². The van der Waals surface area contributed by atoms with Gasteiger partial charge in [0.05, 0.1) is 6.10 Å². The minimum absolute atomic E-state index is 0.216. The van der Waals surface area contributed by atoms with E-state index in [0.29, 0.717) is 6.10 Å². The molecule has 0 amide bonds. The van der Waals surface area contributed by atoms with Gasteiger partial charge in [-0.2, -0.15) is 0 Å². The highest BCUT2D eigenvalue weighted by atomic mass is 32.2. The average molecular weight is 242 g/mol. The van der Waals surface area contributed by atoms with Crippen LogP contribution in [0.1, 0.15) is 39.5 Å². The first kappa shape index (κ1) is 12.2. The lowest BCUT2D eigenvalue weighted by molar-refractivity contribution is 0.106. The molecular formula is C12H22N2OS. The Morgan fingerprint density at radius 2 is 2.44 bits per heavy atom. The standard InChI is InChI=1S/C12H22N2OS/c1-12(2)6-9-16-11(14-12)13-7-5-10-4-3-8-15-10/h10H,3-9H2,1-2H3,(H,13,14). The molecule has 0 aromatic rings. The van der Waals surface area contributed by atoms with Gasteiger partial charge >= 0.3 is 0 Å². The van der Waals surface area contributed by atoms with E-state index in [1.54, 1.807) is 0 Å². The predicted molar refractivity (Wildman–Crippen MR) is 70.2 cm³/mol. The number of rotatable bonds is 3. The minimum atomic E-state index is 0.216. The van der Waals surface area contributed by atoms with Gasteiger partial charge in [0.1, 0.15) is 0 Å². The molecule has 0 radical (unpaired) electrons. The van der Waals surface area contributed by atoms with Gasteiger partial charge in [-0.05, 0) is 39.5 Å². The van der Waals surface area contributed by atoms with Crippen LogP contribution >= 0.6 is 11.8 Å². The number of aliphatic imine (C=N–C) groups is 1. The number of amidine groups is 1. The smallest absolute Gasteiger partial charge is 0.156 e. The maximum absolute atomic E-state index is 5.59. The van der Waals surface area contributed by atoms with Gasteiger partial charge in [-0.15, -0.1) is 0 Å². The third kappa shape index (κ3) is 3.67. The first-order valence-electron chi connectivity index (χ1n) is 6.23. The lowest BCUT2D eigenvalue weighted by Crippen LogP contribution is -2.46. The van der Waals surface area contributed by atoms with Crippen LogP contribution in [0.25, 0.3) is 0 Å². The third-order valence-electron chi connectivity index (χ3n) is 3.14. The van der Waals surface area contributed by atoms with Gasteiger partial charge in [0.15, 0.2) is 5.17 Å². The van der Waals surface area contributed by atoms with E-state index in [1.165, 1.54) is 25.0 Å². The summed E-state index contributed by atoms with van der Waals surface area (Å²) in [5, 5.41) is 4.61. The van der Waals surface area contributed by atoms with E-state index in [0.717, 1.165) is 24.7 Å². The second-order valence-corrected chi connectivity index (χ2v) is 6.30. The highest BCUT2D eigenvalue weighted by Gasteiger charge is 2.24. The topological polar surface area (TPSA) is 33.6 Å². The summed E-state index contributed by atoms with van der Waals surface area (Å²) >= 11 is 1.85. The Balaban J connectivity index is 1.73. The minimum Gasteiger partial charge on any atom is -0.378 e. The molecule has 0 spiro atoms. The van der Waals surface area contributed by atoms with Crippen LogP contribution in [-0.4, -0.2) is 35.7 Å². The van der Waals surface area contributed by atoms with Crippen molar-refractivity contribution in [2.24, 2.45) is 4.99 Å². The van der Waals surface area contributed by atoms with Crippen LogP contribution in [0, 0.1) is 0 Å². The summed E-state index contributed by atoms with van der Waals surface area (Å²) in [5.74, 6) is 1.18. The van der Waals surface area contributed by atoms with E-state index >= 15 is 0 Å². The van der Waals surface area contributed by atoms with Crippen molar-refractivity contribution in [2.75, 3.05) is 18.9 Å². The Bertz CT molecular complexity index is 260. The Morgan fingerprint density at radius 1 is 1.56 bits per heavy atom. The van der Waals surface area contributed by atoms with Gasteiger partial charge < -0.3 is 10.1 Å². The van der Waals surface area contributed by atoms with Crippen molar-refractivity contribution in [2.45, 2.75) is 51.2 Å². The SMILES string of the molecule is CC1(C)CCSC(=NCCC2CCCO2)N1. The average Bonchev–Trinajstić information content (AvgIpc) is 2.69. The largest absolute Gasteiger partial charge is 0.378 e. The number of hydrogen-bond acceptors (Lipinski definition) is 3. The quantitative estimate of drug-likeness (QED) is 0.825. The first-order chi connectivity index (χ1) is 7.66. The van der Waals surface area contributed by atoms with E-state index in [-0.39, 0.29) is 5.54 Å². The molecule has 2 fully saturated rings. The summed E-state index contributed by atoms with van der Waals surface area (Å²) in [6, 6.07) is 0. The van der Waals surface area contributed by atoms with Crippen molar-refractivity contribution in [1.29, 1.82) is 0 Å². The van der Waals surface area contributed by atoms with Gasteiger partial charge in [-0.25, -0.2) is 0 Å². The van der Waals surface area contributed by atoms with E-state index in [9.17, 15) is 0 Å². The fraction of sp³-hybridized carbons (Fsp3) is 0.917. The van der Waals surface area contributed by atoms with E-state index < -0.39 is 0 Å². The van der Waals surface area contributed by atoms with Gasteiger partial charge in [-0.3, -0.25) is 4.99 Å². The molecule has 4 heteroatoms. The molecule has 0 aromatic carbocycles. The molecule has 0 aromatic heterocycles. The number of nitrogens with one attached hydrogen (secondary N) is 1. The van der Waals surface area contributed by atoms with Gasteiger partial charge in [0, 0.05) is 24.4 Å². The molecule has 0 saturated carbocycles. The van der Waals surface area contributed by atoms with Gasteiger partial charge in [0.2, 0.25) is 0 Å². The number of ether oxygens (including phenoxy) is 1. The monoisotopic (exact) mass is 242 g/mol. The molecule has 1 unspecified atom stereocenters. The van der Waals surface area contributed by atoms with E-state index in [2.05, 4.69) is 24.2 Å². The molecule has 2 aliphatic heterocycles. The van der Waals surface area contributed by atoms with Crippen LogP contribution in [-0.2, 0) is 4.74 Å². The van der Waals surface area contributed by atoms with Crippen molar-refractivity contribution in [3.63, 3.8) is 0 Å². The van der Waals surface area contributed by atoms with E-state index in [1.807, 2.05) is 11.8 Å². The molecule has 1 N–H and O–H groups in total. The molecule has 2 rings (SSSR count). The molecule has 16 heavy (non-hydrogen) atoms. The van der Waals surface area contributed by atoms with Crippen molar-refractivity contribution < 1.29 is 4.74 Å². The van der Waals surface area contributed by atoms with Crippen molar-refractivity contribution in [3.05, 3.63) is 0 Å². The normalized spacial score (nSPS) is 31.6. The zero-order valence-corrected chi connectivity index (χ0v) is 11.1. The molecule has 92 valence electrons. The molecule has 0 aliphatic carbocycles. The molecule has 0 bridgehead atoms. The van der Waals surface area contributed by atoms with Crippen LogP contribution in [0.15, 0.2) is 4.99 Å². The fourth-order valence-electron chi connectivity index (χ4n) is 2.06. The summed E-state index contributed by atoms with van der Waals surface area (Å²) in [6.07, 6.45) is 5.19. The zero-order chi connectivity index (χ0) is 11.4. The van der Waals surface area contributed by atoms with Gasteiger partial charge in [-0.1, -0.05) is 11.8 Å². The van der Waals surface area contributed by atoms with Crippen molar-refractivity contribution in [1.82, 2.24) is 5.32 Å². The Hall–Kier alpha value is -0.220. The molecular weight excluding hydrogens is 220 g/mol. The third-order valence-corrected chi connectivity index (χ3v) is 4.05. The Kier molecular flexibility index (Phi) is 4.14. The maximum atomic E-state index is 5.59. The predicted octanol–water partition coefficient (Wildman–Crippen LogP) is 2.42. The zero-order valence-electron chi connectivity index (χ0n) is 10.3. The van der Waals surface area contributed by atoms with Crippen molar-refractivity contribution in [3.8, 4) is 0 Å². The summed E-state index contributed by atoms with van der Waals surface area (Å²) in [7, 11) is 0.